The predicted octanol–water partition coefficient (Wildman–Crippen LogP) is 1.91. The van der Waals surface area contributed by atoms with Crippen LogP contribution < -0.4 is 5.73 Å². The summed E-state index contributed by atoms with van der Waals surface area (Å²) in [6.45, 7) is 0.283. The maximum atomic E-state index is 10.6. The van der Waals surface area contributed by atoms with E-state index in [1.165, 1.54) is 0 Å². The predicted molar refractivity (Wildman–Crippen MR) is 68.2 cm³/mol. The summed E-state index contributed by atoms with van der Waals surface area (Å²) in [5, 5.41) is 0.712. The summed E-state index contributed by atoms with van der Waals surface area (Å²) in [6, 6.07) is 7.72. The third-order valence-corrected chi connectivity index (χ3v) is 2.78. The van der Waals surface area contributed by atoms with Crippen molar-refractivity contribution < 1.29 is 9.53 Å². The first-order valence-corrected chi connectivity index (χ1v) is 5.70. The van der Waals surface area contributed by atoms with Gasteiger partial charge in [-0.3, -0.25) is 0 Å². The Labute approximate surface area is 106 Å². The Balaban J connectivity index is 2.60. The molecule has 0 radical (unpaired) electrons. The summed E-state index contributed by atoms with van der Waals surface area (Å²) in [6.07, 6.45) is 0.0326. The third kappa shape index (κ3) is 5.06. The molecular weight excluding hydrogens is 240 g/mol. The molecule has 1 atom stereocenters. The lowest BCUT2D eigenvalue weighted by atomic mass is 10.1. The smallest absolute Gasteiger partial charge is 0.404 e. The molecule has 0 aromatic heterocycles. The monoisotopic (exact) mass is 256 g/mol. The number of halogens is 1. The molecule has 0 aliphatic carbocycles. The van der Waals surface area contributed by atoms with E-state index in [0.29, 0.717) is 5.02 Å². The third-order valence-electron chi connectivity index (χ3n) is 2.53. The van der Waals surface area contributed by atoms with Gasteiger partial charge in [0.1, 0.15) is 6.61 Å². The molecule has 1 unspecified atom stereocenters. The van der Waals surface area contributed by atoms with Crippen LogP contribution in [0.5, 0.6) is 0 Å². The average Bonchev–Trinajstić information content (AvgIpc) is 2.26. The van der Waals surface area contributed by atoms with Gasteiger partial charge in [-0.25, -0.2) is 4.79 Å². The summed E-state index contributed by atoms with van der Waals surface area (Å²) < 4.78 is 4.83. The molecule has 1 aromatic carbocycles. The Morgan fingerprint density at radius 2 is 2.00 bits per heavy atom. The van der Waals surface area contributed by atoms with E-state index < -0.39 is 6.09 Å². The molecule has 1 aromatic rings. The number of hydrogen-bond donors (Lipinski definition) is 1. The van der Waals surface area contributed by atoms with E-state index in [1.807, 2.05) is 43.3 Å². The molecule has 0 spiro atoms. The average molecular weight is 257 g/mol. The zero-order valence-corrected chi connectivity index (χ0v) is 10.8. The minimum Gasteiger partial charge on any atom is -0.448 e. The number of carbonyl (C=O) groups is 1. The molecule has 4 nitrogen and oxygen atoms in total. The van der Waals surface area contributed by atoms with Crippen molar-refractivity contribution in [1.82, 2.24) is 4.90 Å². The van der Waals surface area contributed by atoms with Crippen molar-refractivity contribution >= 4 is 17.7 Å². The highest BCUT2D eigenvalue weighted by molar-refractivity contribution is 6.30. The molecule has 0 aliphatic rings. The van der Waals surface area contributed by atoms with Gasteiger partial charge in [0.25, 0.3) is 0 Å². The van der Waals surface area contributed by atoms with Crippen molar-refractivity contribution in [1.29, 1.82) is 0 Å². The topological polar surface area (TPSA) is 55.6 Å². The Morgan fingerprint density at radius 1 is 1.41 bits per heavy atom. The summed E-state index contributed by atoms with van der Waals surface area (Å²) in [4.78, 5) is 12.6. The Bertz CT molecular complexity index is 365. The number of likely N-dealkylation sites (N-methyl/N-ethyl adjacent to an activating group) is 1. The van der Waals surface area contributed by atoms with Crippen LogP contribution >= 0.6 is 11.6 Å². The van der Waals surface area contributed by atoms with Crippen molar-refractivity contribution in [2.45, 2.75) is 12.5 Å². The number of nitrogens with zero attached hydrogens (tertiary/aromatic N) is 1. The molecule has 0 saturated carbocycles. The van der Waals surface area contributed by atoms with Gasteiger partial charge < -0.3 is 15.4 Å². The molecule has 0 fully saturated rings. The van der Waals surface area contributed by atoms with Gasteiger partial charge in [0.15, 0.2) is 0 Å². The summed E-state index contributed by atoms with van der Waals surface area (Å²) in [5.74, 6) is 0. The molecule has 1 rings (SSSR count). The second kappa shape index (κ2) is 6.47. The summed E-state index contributed by atoms with van der Waals surface area (Å²) in [7, 11) is 3.87. The fraction of sp³-hybridized carbons (Fsp3) is 0.417. The van der Waals surface area contributed by atoms with E-state index in [1.54, 1.807) is 0 Å². The van der Waals surface area contributed by atoms with E-state index >= 15 is 0 Å². The highest BCUT2D eigenvalue weighted by Crippen LogP contribution is 2.12. The zero-order valence-electron chi connectivity index (χ0n) is 10.0. The standard InChI is InChI=1S/C12H17ClN2O2/c1-15(2)11(8-17-12(14)16)7-9-3-5-10(13)6-4-9/h3-6,11H,7-8H2,1-2H3,(H2,14,16). The fourth-order valence-electron chi connectivity index (χ4n) is 1.46. The first-order chi connectivity index (χ1) is 7.99. The van der Waals surface area contributed by atoms with E-state index in [-0.39, 0.29) is 12.6 Å². The zero-order chi connectivity index (χ0) is 12.8. The van der Waals surface area contributed by atoms with Crippen LogP contribution in [0.3, 0.4) is 0 Å². The number of amides is 1. The number of hydrogen-bond acceptors (Lipinski definition) is 3. The van der Waals surface area contributed by atoms with Crippen molar-refractivity contribution in [3.63, 3.8) is 0 Å². The van der Waals surface area contributed by atoms with Crippen molar-refractivity contribution in [3.8, 4) is 0 Å². The van der Waals surface area contributed by atoms with Crippen molar-refractivity contribution in [3.05, 3.63) is 34.9 Å². The maximum Gasteiger partial charge on any atom is 0.404 e. The number of carbonyl (C=O) groups excluding carboxylic acids is 1. The summed E-state index contributed by atoms with van der Waals surface area (Å²) in [5.41, 5.74) is 6.10. The van der Waals surface area contributed by atoms with Gasteiger partial charge >= 0.3 is 6.09 Å². The molecule has 0 bridgehead atoms. The normalized spacial score (nSPS) is 12.5. The number of benzene rings is 1. The molecule has 17 heavy (non-hydrogen) atoms. The minimum absolute atomic E-state index is 0.101. The minimum atomic E-state index is -0.743. The first kappa shape index (κ1) is 13.8. The number of ether oxygens (including phenoxy) is 1. The second-order valence-corrected chi connectivity index (χ2v) is 4.51. The summed E-state index contributed by atoms with van der Waals surface area (Å²) >= 11 is 5.82. The molecule has 1 amide bonds. The molecule has 94 valence electrons. The number of rotatable bonds is 5. The Morgan fingerprint density at radius 3 is 2.47 bits per heavy atom. The number of nitrogens with two attached hydrogens (primary N) is 1. The van der Waals surface area contributed by atoms with Crippen LogP contribution in [-0.2, 0) is 11.2 Å². The second-order valence-electron chi connectivity index (χ2n) is 4.08. The Kier molecular flexibility index (Phi) is 5.25. The van der Waals surface area contributed by atoms with E-state index in [2.05, 4.69) is 0 Å². The lowest BCUT2D eigenvalue weighted by Gasteiger charge is -2.23. The molecule has 0 saturated heterocycles. The molecule has 0 heterocycles. The highest BCUT2D eigenvalue weighted by atomic mass is 35.5. The molecular formula is C12H17ClN2O2. The van der Waals surface area contributed by atoms with E-state index in [4.69, 9.17) is 22.1 Å². The van der Waals surface area contributed by atoms with Crippen LogP contribution in [-0.4, -0.2) is 37.7 Å². The van der Waals surface area contributed by atoms with Crippen molar-refractivity contribution in [2.24, 2.45) is 5.73 Å². The molecule has 5 heteroatoms. The SMILES string of the molecule is CN(C)C(COC(N)=O)Cc1ccc(Cl)cc1. The molecule has 0 aliphatic heterocycles. The van der Waals surface area contributed by atoms with Gasteiger partial charge in [0.2, 0.25) is 0 Å². The Hall–Kier alpha value is -1.26. The number of primary amides is 1. The highest BCUT2D eigenvalue weighted by Gasteiger charge is 2.14. The van der Waals surface area contributed by atoms with Gasteiger partial charge in [-0.05, 0) is 38.2 Å². The maximum absolute atomic E-state index is 10.6. The quantitative estimate of drug-likeness (QED) is 0.876. The lowest BCUT2D eigenvalue weighted by molar-refractivity contribution is 0.117. The fourth-order valence-corrected chi connectivity index (χ4v) is 1.59. The van der Waals surface area contributed by atoms with Gasteiger partial charge in [-0.1, -0.05) is 23.7 Å². The van der Waals surface area contributed by atoms with E-state index in [0.717, 1.165) is 12.0 Å². The van der Waals surface area contributed by atoms with Gasteiger partial charge in [0, 0.05) is 11.1 Å². The van der Waals surface area contributed by atoms with Crippen molar-refractivity contribution in [2.75, 3.05) is 20.7 Å². The molecule has 2 N–H and O–H groups in total. The van der Waals surface area contributed by atoms with Crippen LogP contribution in [0.25, 0.3) is 0 Å². The van der Waals surface area contributed by atoms with Crippen LogP contribution in [0.1, 0.15) is 5.56 Å². The van der Waals surface area contributed by atoms with Gasteiger partial charge in [-0.15, -0.1) is 0 Å². The van der Waals surface area contributed by atoms with Gasteiger partial charge in [0.05, 0.1) is 0 Å². The van der Waals surface area contributed by atoms with Gasteiger partial charge in [-0.2, -0.15) is 0 Å². The van der Waals surface area contributed by atoms with Crippen LogP contribution in [0.2, 0.25) is 5.02 Å². The largest absolute Gasteiger partial charge is 0.448 e. The van der Waals surface area contributed by atoms with E-state index in [9.17, 15) is 4.79 Å². The first-order valence-electron chi connectivity index (χ1n) is 5.32. The lowest BCUT2D eigenvalue weighted by Crippen LogP contribution is -2.36. The van der Waals surface area contributed by atoms with Crippen LogP contribution in [0, 0.1) is 0 Å². The van der Waals surface area contributed by atoms with Crippen LogP contribution in [0.4, 0.5) is 4.79 Å². The van der Waals surface area contributed by atoms with Crippen LogP contribution in [0.15, 0.2) is 24.3 Å².